The molecule has 0 unspecified atom stereocenters. The number of nitrogens with one attached hydrogen (secondary N) is 2. The van der Waals surface area contributed by atoms with Crippen LogP contribution in [0, 0.1) is 13.8 Å². The van der Waals surface area contributed by atoms with Gasteiger partial charge in [-0.3, -0.25) is 24.1 Å². The van der Waals surface area contributed by atoms with Gasteiger partial charge in [-0.05, 0) is 69.2 Å². The SMILES string of the molecule is Cc1ccc(OCC(=O)NCCNC(=O)c2ccc3c(c2)C(=O)N(C(C)C)C3=O)cc1C. The molecule has 2 aromatic rings. The lowest BCUT2D eigenvalue weighted by Gasteiger charge is -2.17. The van der Waals surface area contributed by atoms with Gasteiger partial charge in [0, 0.05) is 24.7 Å². The van der Waals surface area contributed by atoms with E-state index in [0.29, 0.717) is 11.3 Å². The van der Waals surface area contributed by atoms with Gasteiger partial charge in [-0.2, -0.15) is 0 Å². The molecule has 1 aliphatic rings. The van der Waals surface area contributed by atoms with Crippen molar-refractivity contribution < 1.29 is 23.9 Å². The fraction of sp³-hybridized carbons (Fsp3) is 0.333. The minimum absolute atomic E-state index is 0.121. The van der Waals surface area contributed by atoms with Crippen LogP contribution in [0.15, 0.2) is 36.4 Å². The Labute approximate surface area is 186 Å². The van der Waals surface area contributed by atoms with E-state index in [9.17, 15) is 19.2 Å². The normalized spacial score (nSPS) is 12.7. The van der Waals surface area contributed by atoms with Crippen LogP contribution in [0.4, 0.5) is 0 Å². The number of benzene rings is 2. The minimum Gasteiger partial charge on any atom is -0.484 e. The summed E-state index contributed by atoms with van der Waals surface area (Å²) < 4.78 is 5.48. The molecule has 168 valence electrons. The Morgan fingerprint density at radius 1 is 0.906 bits per heavy atom. The Morgan fingerprint density at radius 2 is 1.59 bits per heavy atom. The van der Waals surface area contributed by atoms with Crippen molar-refractivity contribution >= 4 is 23.6 Å². The van der Waals surface area contributed by atoms with Gasteiger partial charge in [0.15, 0.2) is 6.61 Å². The molecule has 0 radical (unpaired) electrons. The molecule has 1 aliphatic heterocycles. The molecular formula is C24H27N3O5. The molecule has 3 rings (SSSR count). The molecule has 0 spiro atoms. The van der Waals surface area contributed by atoms with Gasteiger partial charge in [0.2, 0.25) is 0 Å². The van der Waals surface area contributed by atoms with Crippen molar-refractivity contribution in [1.29, 1.82) is 0 Å². The van der Waals surface area contributed by atoms with Gasteiger partial charge in [0.1, 0.15) is 5.75 Å². The smallest absolute Gasteiger partial charge is 0.261 e. The molecule has 0 fully saturated rings. The number of hydrogen-bond donors (Lipinski definition) is 2. The van der Waals surface area contributed by atoms with Crippen molar-refractivity contribution in [2.75, 3.05) is 19.7 Å². The second-order valence-corrected chi connectivity index (χ2v) is 7.98. The van der Waals surface area contributed by atoms with E-state index in [0.717, 1.165) is 11.1 Å². The Kier molecular flexibility index (Phi) is 6.92. The number of carbonyl (C=O) groups is 4. The van der Waals surface area contributed by atoms with E-state index in [2.05, 4.69) is 10.6 Å². The molecule has 2 aromatic carbocycles. The van der Waals surface area contributed by atoms with E-state index in [1.807, 2.05) is 32.0 Å². The summed E-state index contributed by atoms with van der Waals surface area (Å²) in [4.78, 5) is 50.3. The van der Waals surface area contributed by atoms with Crippen LogP contribution in [0.3, 0.4) is 0 Å². The van der Waals surface area contributed by atoms with Crippen LogP contribution in [0.25, 0.3) is 0 Å². The topological polar surface area (TPSA) is 105 Å². The third-order valence-electron chi connectivity index (χ3n) is 5.28. The number of hydrogen-bond acceptors (Lipinski definition) is 5. The molecule has 32 heavy (non-hydrogen) atoms. The predicted octanol–water partition coefficient (Wildman–Crippen LogP) is 2.23. The maximum atomic E-state index is 12.5. The van der Waals surface area contributed by atoms with Crippen molar-refractivity contribution in [1.82, 2.24) is 15.5 Å². The largest absolute Gasteiger partial charge is 0.484 e. The Hall–Kier alpha value is -3.68. The third-order valence-corrected chi connectivity index (χ3v) is 5.28. The molecule has 0 saturated carbocycles. The second-order valence-electron chi connectivity index (χ2n) is 7.98. The van der Waals surface area contributed by atoms with Gasteiger partial charge in [-0.15, -0.1) is 0 Å². The van der Waals surface area contributed by atoms with Gasteiger partial charge in [-0.1, -0.05) is 6.07 Å². The number of amides is 4. The highest BCUT2D eigenvalue weighted by atomic mass is 16.5. The van der Waals surface area contributed by atoms with Gasteiger partial charge in [-0.25, -0.2) is 0 Å². The summed E-state index contributed by atoms with van der Waals surface area (Å²) in [6, 6.07) is 9.80. The van der Waals surface area contributed by atoms with Crippen molar-refractivity contribution in [2.24, 2.45) is 0 Å². The quantitative estimate of drug-likeness (QED) is 0.487. The zero-order valence-electron chi connectivity index (χ0n) is 18.7. The first-order chi connectivity index (χ1) is 15.2. The van der Waals surface area contributed by atoms with Crippen LogP contribution in [0.2, 0.25) is 0 Å². The Bertz CT molecular complexity index is 1080. The van der Waals surface area contributed by atoms with Crippen LogP contribution in [0.1, 0.15) is 56.0 Å². The molecule has 0 aromatic heterocycles. The highest BCUT2D eigenvalue weighted by molar-refractivity contribution is 6.22. The van der Waals surface area contributed by atoms with Gasteiger partial charge in [0.25, 0.3) is 23.6 Å². The van der Waals surface area contributed by atoms with Gasteiger partial charge >= 0.3 is 0 Å². The van der Waals surface area contributed by atoms with Crippen LogP contribution in [0.5, 0.6) is 5.75 Å². The zero-order chi connectivity index (χ0) is 23.4. The highest BCUT2D eigenvalue weighted by Gasteiger charge is 2.37. The summed E-state index contributed by atoms with van der Waals surface area (Å²) in [5.41, 5.74) is 3.04. The van der Waals surface area contributed by atoms with Crippen LogP contribution in [-0.2, 0) is 4.79 Å². The van der Waals surface area contributed by atoms with E-state index in [1.165, 1.54) is 23.1 Å². The second kappa shape index (κ2) is 9.64. The minimum atomic E-state index is -0.398. The lowest BCUT2D eigenvalue weighted by atomic mass is 10.1. The lowest BCUT2D eigenvalue weighted by molar-refractivity contribution is -0.123. The van der Waals surface area contributed by atoms with Crippen molar-refractivity contribution in [2.45, 2.75) is 33.7 Å². The summed E-state index contributed by atoms with van der Waals surface area (Å²) in [5, 5.41) is 5.36. The van der Waals surface area contributed by atoms with Crippen LogP contribution in [-0.4, -0.2) is 54.3 Å². The number of nitrogens with zero attached hydrogens (tertiary/aromatic N) is 1. The van der Waals surface area contributed by atoms with Gasteiger partial charge < -0.3 is 15.4 Å². The van der Waals surface area contributed by atoms with E-state index in [1.54, 1.807) is 13.8 Å². The average molecular weight is 437 g/mol. The lowest BCUT2D eigenvalue weighted by Crippen LogP contribution is -2.36. The first-order valence-corrected chi connectivity index (χ1v) is 10.5. The van der Waals surface area contributed by atoms with Gasteiger partial charge in [0.05, 0.1) is 11.1 Å². The molecule has 0 saturated heterocycles. The molecule has 8 heteroatoms. The summed E-state index contributed by atoms with van der Waals surface area (Å²) in [6.07, 6.45) is 0. The summed E-state index contributed by atoms with van der Waals surface area (Å²) >= 11 is 0. The molecule has 8 nitrogen and oxygen atoms in total. The monoisotopic (exact) mass is 437 g/mol. The number of rotatable bonds is 8. The van der Waals surface area contributed by atoms with E-state index in [-0.39, 0.29) is 48.7 Å². The van der Waals surface area contributed by atoms with Crippen molar-refractivity contribution in [3.05, 3.63) is 64.2 Å². The first kappa shape index (κ1) is 23.0. The molecular weight excluding hydrogens is 410 g/mol. The standard InChI is InChI=1S/C24H27N3O5/c1-14(2)27-23(30)19-8-6-17(12-20(19)24(27)31)22(29)26-10-9-25-21(28)13-32-18-7-5-15(3)16(4)11-18/h5-8,11-12,14H,9-10,13H2,1-4H3,(H,25,28)(H,26,29). The fourth-order valence-corrected chi connectivity index (χ4v) is 3.35. The van der Waals surface area contributed by atoms with Crippen molar-refractivity contribution in [3.8, 4) is 5.75 Å². The highest BCUT2D eigenvalue weighted by Crippen LogP contribution is 2.25. The van der Waals surface area contributed by atoms with E-state index >= 15 is 0 Å². The van der Waals surface area contributed by atoms with Crippen molar-refractivity contribution in [3.63, 3.8) is 0 Å². The number of imide groups is 1. The fourth-order valence-electron chi connectivity index (χ4n) is 3.35. The van der Waals surface area contributed by atoms with E-state index in [4.69, 9.17) is 4.74 Å². The molecule has 0 aliphatic carbocycles. The summed E-state index contributed by atoms with van der Waals surface area (Å²) in [6.45, 7) is 7.80. The van der Waals surface area contributed by atoms with Crippen LogP contribution < -0.4 is 15.4 Å². The first-order valence-electron chi connectivity index (χ1n) is 10.5. The molecule has 0 bridgehead atoms. The third kappa shape index (κ3) is 4.96. The Morgan fingerprint density at radius 3 is 2.28 bits per heavy atom. The maximum absolute atomic E-state index is 12.5. The summed E-state index contributed by atoms with van der Waals surface area (Å²) in [7, 11) is 0. The molecule has 2 N–H and O–H groups in total. The molecule has 0 atom stereocenters. The summed E-state index contributed by atoms with van der Waals surface area (Å²) in [5.74, 6) is -0.815. The average Bonchev–Trinajstić information content (AvgIpc) is 3.01. The predicted molar refractivity (Wildman–Crippen MR) is 119 cm³/mol. The maximum Gasteiger partial charge on any atom is 0.261 e. The number of ether oxygens (including phenoxy) is 1. The van der Waals surface area contributed by atoms with E-state index < -0.39 is 11.8 Å². The van der Waals surface area contributed by atoms with Crippen LogP contribution >= 0.6 is 0 Å². The Balaban J connectivity index is 1.45. The zero-order valence-corrected chi connectivity index (χ0v) is 18.7. The molecule has 1 heterocycles. The molecule has 4 amide bonds. The number of carbonyl (C=O) groups excluding carboxylic acids is 4. The number of aryl methyl sites for hydroxylation is 2. The number of fused-ring (bicyclic) bond motifs is 1.